The zero-order chi connectivity index (χ0) is 27.5. The molecule has 39 heavy (non-hydrogen) atoms. The Balaban J connectivity index is 1.29. The van der Waals surface area contributed by atoms with E-state index in [-0.39, 0.29) is 29.1 Å². The third kappa shape index (κ3) is 4.57. The largest absolute Gasteiger partial charge is 0.495 e. The summed E-state index contributed by atoms with van der Waals surface area (Å²) in [5.41, 5.74) is 2.68. The number of amides is 1. The highest BCUT2D eigenvalue weighted by Gasteiger charge is 2.52. The number of likely N-dealkylation sites (N-methyl/N-ethyl adjacent to an activating group) is 1. The van der Waals surface area contributed by atoms with Crippen LogP contribution in [0.2, 0.25) is 0 Å². The van der Waals surface area contributed by atoms with Gasteiger partial charge in [-0.15, -0.1) is 0 Å². The maximum atomic E-state index is 14.9. The fraction of sp³-hybridized carbons (Fsp3) is 0.414. The summed E-state index contributed by atoms with van der Waals surface area (Å²) >= 11 is 0. The first-order chi connectivity index (χ1) is 18.6. The van der Waals surface area contributed by atoms with Crippen LogP contribution in [0, 0.1) is 5.82 Å². The van der Waals surface area contributed by atoms with Crippen molar-refractivity contribution < 1.29 is 19.0 Å². The highest BCUT2D eigenvalue weighted by Crippen LogP contribution is 2.50. The van der Waals surface area contributed by atoms with Crippen LogP contribution in [0.25, 0.3) is 11.3 Å². The number of carbonyl (C=O) groups excluding carboxylic acids is 1. The number of halogens is 1. The van der Waals surface area contributed by atoms with E-state index in [1.165, 1.54) is 0 Å². The number of fused-ring (bicyclic) bond motifs is 2. The summed E-state index contributed by atoms with van der Waals surface area (Å²) in [4.78, 5) is 25.6. The summed E-state index contributed by atoms with van der Waals surface area (Å²) in [6, 6.07) is 11.2. The standard InChI is InChI=1S/C29H33FN6O3/c1-28(2,38)24-16-36(12-11-35(24)3)18-6-8-23(39-4)22(14-18)32-27-31-15-21(30)25(33-27)17-5-7-20-19(13-17)26(37)34-29(20)9-10-29/h5-8,13-15,24,38H,9-12,16H2,1-4H3,(H,34,37)(H,31,32,33). The van der Waals surface area contributed by atoms with E-state index in [1.807, 2.05) is 51.2 Å². The third-order valence-electron chi connectivity index (χ3n) is 8.16. The lowest BCUT2D eigenvalue weighted by Crippen LogP contribution is -2.59. The van der Waals surface area contributed by atoms with Crippen molar-refractivity contribution in [1.29, 1.82) is 0 Å². The van der Waals surface area contributed by atoms with Crippen molar-refractivity contribution in [2.45, 2.75) is 43.9 Å². The Kier molecular flexibility index (Phi) is 6.00. The number of benzene rings is 2. The lowest BCUT2D eigenvalue weighted by atomic mass is 9.95. The van der Waals surface area contributed by atoms with Crippen LogP contribution in [0.5, 0.6) is 5.75 Å². The number of carbonyl (C=O) groups is 1. The van der Waals surface area contributed by atoms with Gasteiger partial charge in [0, 0.05) is 36.4 Å². The quantitative estimate of drug-likeness (QED) is 0.442. The van der Waals surface area contributed by atoms with Gasteiger partial charge in [-0.25, -0.2) is 14.4 Å². The minimum Gasteiger partial charge on any atom is -0.495 e. The molecule has 9 nitrogen and oxygen atoms in total. The van der Waals surface area contributed by atoms with Crippen LogP contribution in [0.4, 0.5) is 21.7 Å². The van der Waals surface area contributed by atoms with E-state index in [9.17, 15) is 14.3 Å². The second kappa shape index (κ2) is 9.17. The summed E-state index contributed by atoms with van der Waals surface area (Å²) in [6.45, 7) is 5.95. The molecule has 1 aliphatic carbocycles. The van der Waals surface area contributed by atoms with Crippen LogP contribution in [0.15, 0.2) is 42.6 Å². The fourth-order valence-electron chi connectivity index (χ4n) is 5.78. The average molecular weight is 533 g/mol. The number of nitrogens with zero attached hydrogens (tertiary/aromatic N) is 4. The van der Waals surface area contributed by atoms with Crippen molar-refractivity contribution in [3.8, 4) is 17.0 Å². The molecule has 10 heteroatoms. The SMILES string of the molecule is COc1ccc(N2CCN(C)C(C(C)(C)O)C2)cc1Nc1ncc(F)c(-c2ccc3c(c2)C(=O)NC32CC2)n1. The van der Waals surface area contributed by atoms with E-state index >= 15 is 0 Å². The first-order valence-corrected chi connectivity index (χ1v) is 13.2. The van der Waals surface area contributed by atoms with Crippen molar-refractivity contribution in [1.82, 2.24) is 20.2 Å². The Bertz CT molecular complexity index is 1450. The molecule has 3 N–H and O–H groups in total. The second-order valence-electron chi connectivity index (χ2n) is 11.3. The number of methoxy groups -OCH3 is 1. The monoisotopic (exact) mass is 532 g/mol. The molecule has 1 amide bonds. The van der Waals surface area contributed by atoms with Gasteiger partial charge in [-0.2, -0.15) is 0 Å². The molecule has 1 unspecified atom stereocenters. The predicted octanol–water partition coefficient (Wildman–Crippen LogP) is 3.66. The van der Waals surface area contributed by atoms with Crippen molar-refractivity contribution in [2.75, 3.05) is 44.0 Å². The highest BCUT2D eigenvalue weighted by atomic mass is 19.1. The van der Waals surface area contributed by atoms with Gasteiger partial charge in [0.15, 0.2) is 5.82 Å². The summed E-state index contributed by atoms with van der Waals surface area (Å²) < 4.78 is 20.5. The van der Waals surface area contributed by atoms with Crippen molar-refractivity contribution in [3.63, 3.8) is 0 Å². The van der Waals surface area contributed by atoms with E-state index < -0.39 is 11.4 Å². The first-order valence-electron chi connectivity index (χ1n) is 13.2. The number of rotatable bonds is 6. The Morgan fingerprint density at radius 2 is 2.00 bits per heavy atom. The fourth-order valence-corrected chi connectivity index (χ4v) is 5.78. The zero-order valence-electron chi connectivity index (χ0n) is 22.6. The Hall–Kier alpha value is -3.76. The summed E-state index contributed by atoms with van der Waals surface area (Å²) in [7, 11) is 3.61. The van der Waals surface area contributed by atoms with Gasteiger partial charge in [-0.1, -0.05) is 12.1 Å². The molecule has 0 bridgehead atoms. The topological polar surface area (TPSA) is 103 Å². The number of hydrogen-bond acceptors (Lipinski definition) is 8. The molecule has 1 atom stereocenters. The number of aliphatic hydroxyl groups is 1. The van der Waals surface area contributed by atoms with Gasteiger partial charge in [-0.3, -0.25) is 9.69 Å². The van der Waals surface area contributed by atoms with Crippen LogP contribution < -0.4 is 20.3 Å². The second-order valence-corrected chi connectivity index (χ2v) is 11.3. The molecule has 3 aliphatic rings. The van der Waals surface area contributed by atoms with Crippen LogP contribution in [-0.2, 0) is 5.54 Å². The molecule has 2 aromatic carbocycles. The van der Waals surface area contributed by atoms with Crippen molar-refractivity contribution in [3.05, 3.63) is 59.5 Å². The molecule has 6 rings (SSSR count). The van der Waals surface area contributed by atoms with Crippen molar-refractivity contribution in [2.24, 2.45) is 0 Å². The molecule has 1 saturated carbocycles. The van der Waals surface area contributed by atoms with Crippen LogP contribution in [-0.4, -0.2) is 71.3 Å². The maximum Gasteiger partial charge on any atom is 0.252 e. The lowest BCUT2D eigenvalue weighted by Gasteiger charge is -2.45. The van der Waals surface area contributed by atoms with Gasteiger partial charge < -0.3 is 25.4 Å². The third-order valence-corrected chi connectivity index (χ3v) is 8.16. The van der Waals surface area contributed by atoms with Crippen LogP contribution in [0.1, 0.15) is 42.6 Å². The van der Waals surface area contributed by atoms with E-state index in [1.54, 1.807) is 13.2 Å². The molecule has 2 fully saturated rings. The molecule has 0 radical (unpaired) electrons. The molecule has 3 heterocycles. The van der Waals surface area contributed by atoms with Gasteiger partial charge in [0.1, 0.15) is 11.4 Å². The number of ether oxygens (including phenoxy) is 1. The van der Waals surface area contributed by atoms with Gasteiger partial charge in [0.2, 0.25) is 5.95 Å². The Labute approximate surface area is 227 Å². The highest BCUT2D eigenvalue weighted by molar-refractivity contribution is 6.01. The molecule has 3 aromatic rings. The minimum atomic E-state index is -0.850. The van der Waals surface area contributed by atoms with Gasteiger partial charge in [0.25, 0.3) is 5.91 Å². The molecule has 1 spiro atoms. The first kappa shape index (κ1) is 25.5. The number of aromatic nitrogens is 2. The number of nitrogens with one attached hydrogen (secondary N) is 2. The molecule has 1 aromatic heterocycles. The summed E-state index contributed by atoms with van der Waals surface area (Å²) in [6.07, 6.45) is 2.98. The molecule has 2 aliphatic heterocycles. The van der Waals surface area contributed by atoms with E-state index in [0.717, 1.165) is 43.4 Å². The summed E-state index contributed by atoms with van der Waals surface area (Å²) in [5, 5.41) is 16.9. The van der Waals surface area contributed by atoms with Crippen LogP contribution >= 0.6 is 0 Å². The Morgan fingerprint density at radius 3 is 2.72 bits per heavy atom. The molecule has 204 valence electrons. The maximum absolute atomic E-state index is 14.9. The van der Waals surface area contributed by atoms with E-state index in [0.29, 0.717) is 29.1 Å². The number of anilines is 3. The predicted molar refractivity (Wildman–Crippen MR) is 147 cm³/mol. The van der Waals surface area contributed by atoms with E-state index in [2.05, 4.69) is 30.4 Å². The lowest BCUT2D eigenvalue weighted by molar-refractivity contribution is -0.0140. The smallest absolute Gasteiger partial charge is 0.252 e. The minimum absolute atomic E-state index is 0.0306. The van der Waals surface area contributed by atoms with Crippen LogP contribution in [0.3, 0.4) is 0 Å². The average Bonchev–Trinajstić information content (AvgIpc) is 3.63. The van der Waals surface area contributed by atoms with Gasteiger partial charge >= 0.3 is 0 Å². The van der Waals surface area contributed by atoms with Crippen molar-refractivity contribution >= 4 is 23.2 Å². The zero-order valence-corrected chi connectivity index (χ0v) is 22.6. The number of hydrogen-bond donors (Lipinski definition) is 3. The number of piperazine rings is 1. The molecular weight excluding hydrogens is 499 g/mol. The molecular formula is C29H33FN6O3. The summed E-state index contributed by atoms with van der Waals surface area (Å²) in [5.74, 6) is 0.0915. The van der Waals surface area contributed by atoms with Gasteiger partial charge in [0.05, 0.1) is 36.2 Å². The van der Waals surface area contributed by atoms with Gasteiger partial charge in [-0.05, 0) is 63.6 Å². The Morgan fingerprint density at radius 1 is 1.21 bits per heavy atom. The normalized spacial score (nSPS) is 20.1. The molecule has 1 saturated heterocycles. The van der Waals surface area contributed by atoms with E-state index in [4.69, 9.17) is 4.74 Å².